The van der Waals surface area contributed by atoms with Crippen LogP contribution in [0.15, 0.2) is 30.6 Å². The summed E-state index contributed by atoms with van der Waals surface area (Å²) in [5.41, 5.74) is 2.48. The van der Waals surface area contributed by atoms with Crippen molar-refractivity contribution in [2.45, 2.75) is 32.1 Å². The largest absolute Gasteiger partial charge is 0.438 e. The van der Waals surface area contributed by atoms with Crippen molar-refractivity contribution in [1.82, 2.24) is 9.97 Å². The van der Waals surface area contributed by atoms with E-state index in [9.17, 15) is 0 Å². The summed E-state index contributed by atoms with van der Waals surface area (Å²) in [6.07, 6.45) is 6.97. The van der Waals surface area contributed by atoms with E-state index in [2.05, 4.69) is 9.97 Å². The van der Waals surface area contributed by atoms with Crippen LogP contribution in [0.5, 0.6) is 11.6 Å². The van der Waals surface area contributed by atoms with Crippen molar-refractivity contribution in [3.63, 3.8) is 0 Å². The van der Waals surface area contributed by atoms with E-state index >= 15 is 0 Å². The third-order valence-electron chi connectivity index (χ3n) is 4.25. The van der Waals surface area contributed by atoms with Crippen LogP contribution < -0.4 is 4.74 Å². The van der Waals surface area contributed by atoms with Crippen molar-refractivity contribution >= 4 is 21.6 Å². The molecule has 2 aromatic heterocycles. The fourth-order valence-corrected chi connectivity index (χ4v) is 4.32. The van der Waals surface area contributed by atoms with Gasteiger partial charge in [-0.25, -0.2) is 9.97 Å². The molecule has 0 fully saturated rings. The molecule has 23 heavy (non-hydrogen) atoms. The molecule has 0 radical (unpaired) electrons. The van der Waals surface area contributed by atoms with E-state index in [4.69, 9.17) is 9.84 Å². The van der Waals surface area contributed by atoms with E-state index in [1.165, 1.54) is 23.3 Å². The Bertz CT molecular complexity index is 827. The molecule has 0 aliphatic heterocycles. The van der Waals surface area contributed by atoms with Gasteiger partial charge < -0.3 is 9.84 Å². The molecule has 0 atom stereocenters. The van der Waals surface area contributed by atoms with Crippen LogP contribution >= 0.6 is 11.3 Å². The molecule has 4 rings (SSSR count). The van der Waals surface area contributed by atoms with Crippen molar-refractivity contribution < 1.29 is 9.84 Å². The summed E-state index contributed by atoms with van der Waals surface area (Å²) in [6, 6.07) is 7.82. The summed E-state index contributed by atoms with van der Waals surface area (Å²) in [6.45, 7) is 0.160. The summed E-state index contributed by atoms with van der Waals surface area (Å²) in [5.74, 6) is 1.42. The average molecular weight is 326 g/mol. The fourth-order valence-electron chi connectivity index (χ4n) is 3.10. The van der Waals surface area contributed by atoms with Gasteiger partial charge in [-0.1, -0.05) is 12.1 Å². The van der Waals surface area contributed by atoms with E-state index in [-0.39, 0.29) is 6.61 Å². The van der Waals surface area contributed by atoms with Gasteiger partial charge in [0, 0.05) is 11.5 Å². The van der Waals surface area contributed by atoms with E-state index < -0.39 is 0 Å². The minimum Gasteiger partial charge on any atom is -0.438 e. The Labute approximate surface area is 138 Å². The molecule has 1 aliphatic rings. The highest BCUT2D eigenvalue weighted by Crippen LogP contribution is 2.40. The molecule has 0 saturated heterocycles. The summed E-state index contributed by atoms with van der Waals surface area (Å²) in [7, 11) is 0. The standard InChI is InChI=1S/C18H18N2O2S/c21-10-9-12-5-7-13(8-6-12)22-17-16-14-3-1-2-4-15(14)23-18(16)20-11-19-17/h5-8,11,21H,1-4,9-10H2. The van der Waals surface area contributed by atoms with Gasteiger partial charge in [0.1, 0.15) is 16.9 Å². The summed E-state index contributed by atoms with van der Waals surface area (Å²) >= 11 is 1.77. The quantitative estimate of drug-likeness (QED) is 0.790. The van der Waals surface area contributed by atoms with Gasteiger partial charge in [-0.05, 0) is 55.4 Å². The van der Waals surface area contributed by atoms with Crippen LogP contribution in [0.2, 0.25) is 0 Å². The number of ether oxygens (including phenoxy) is 1. The van der Waals surface area contributed by atoms with E-state index in [0.717, 1.165) is 34.4 Å². The third kappa shape index (κ3) is 2.82. The number of thiophene rings is 1. The number of aliphatic hydroxyl groups is 1. The molecule has 0 spiro atoms. The van der Waals surface area contributed by atoms with Crippen LogP contribution in [0.3, 0.4) is 0 Å². The molecule has 0 bridgehead atoms. The zero-order valence-electron chi connectivity index (χ0n) is 12.8. The third-order valence-corrected chi connectivity index (χ3v) is 5.45. The number of aryl methyl sites for hydroxylation is 2. The molecule has 118 valence electrons. The lowest BCUT2D eigenvalue weighted by Crippen LogP contribution is -1.99. The Morgan fingerprint density at radius 2 is 1.91 bits per heavy atom. The zero-order chi connectivity index (χ0) is 15.6. The Kier molecular flexibility index (Phi) is 3.97. The molecule has 1 aromatic carbocycles. The molecule has 1 aliphatic carbocycles. The van der Waals surface area contributed by atoms with Crippen molar-refractivity contribution in [3.05, 3.63) is 46.6 Å². The SMILES string of the molecule is OCCc1ccc(Oc2ncnc3sc4c(c23)CCCC4)cc1. The lowest BCUT2D eigenvalue weighted by Gasteiger charge is -2.12. The maximum absolute atomic E-state index is 8.98. The molecule has 0 unspecified atom stereocenters. The van der Waals surface area contributed by atoms with Crippen LogP contribution in [-0.2, 0) is 19.3 Å². The Hall–Kier alpha value is -1.98. The van der Waals surface area contributed by atoms with Crippen LogP contribution in [0, 0.1) is 0 Å². The first-order chi connectivity index (χ1) is 11.3. The molecule has 5 heteroatoms. The van der Waals surface area contributed by atoms with Crippen LogP contribution in [-0.4, -0.2) is 21.7 Å². The molecule has 0 saturated carbocycles. The highest BCUT2D eigenvalue weighted by Gasteiger charge is 2.20. The van der Waals surface area contributed by atoms with Gasteiger partial charge in [0.05, 0.1) is 5.39 Å². The second-order valence-corrected chi connectivity index (χ2v) is 6.87. The predicted octanol–water partition coefficient (Wildman–Crippen LogP) is 3.90. The number of rotatable bonds is 4. The number of nitrogens with zero attached hydrogens (tertiary/aromatic N) is 2. The molecular formula is C18H18N2O2S. The monoisotopic (exact) mass is 326 g/mol. The van der Waals surface area contributed by atoms with Gasteiger partial charge in [-0.15, -0.1) is 11.3 Å². The predicted molar refractivity (Wildman–Crippen MR) is 91.4 cm³/mol. The second-order valence-electron chi connectivity index (χ2n) is 5.79. The number of fused-ring (bicyclic) bond motifs is 3. The smallest absolute Gasteiger partial charge is 0.231 e. The first-order valence-corrected chi connectivity index (χ1v) is 8.79. The Morgan fingerprint density at radius 1 is 1.09 bits per heavy atom. The van der Waals surface area contributed by atoms with E-state index in [1.54, 1.807) is 17.7 Å². The average Bonchev–Trinajstić information content (AvgIpc) is 2.96. The highest BCUT2D eigenvalue weighted by molar-refractivity contribution is 7.18. The van der Waals surface area contributed by atoms with Crippen molar-refractivity contribution in [2.75, 3.05) is 6.61 Å². The van der Waals surface area contributed by atoms with Gasteiger partial charge in [-0.3, -0.25) is 0 Å². The van der Waals surface area contributed by atoms with Crippen LogP contribution in [0.1, 0.15) is 28.8 Å². The maximum Gasteiger partial charge on any atom is 0.231 e. The molecular weight excluding hydrogens is 308 g/mol. The van der Waals surface area contributed by atoms with E-state index in [0.29, 0.717) is 12.3 Å². The number of hydrogen-bond acceptors (Lipinski definition) is 5. The number of aromatic nitrogens is 2. The molecule has 2 heterocycles. The lowest BCUT2D eigenvalue weighted by atomic mass is 9.97. The number of hydrogen-bond donors (Lipinski definition) is 1. The molecule has 3 aromatic rings. The van der Waals surface area contributed by atoms with Gasteiger partial charge in [0.15, 0.2) is 0 Å². The van der Waals surface area contributed by atoms with E-state index in [1.807, 2.05) is 24.3 Å². The maximum atomic E-state index is 8.98. The number of aliphatic hydroxyl groups excluding tert-OH is 1. The van der Waals surface area contributed by atoms with Gasteiger partial charge in [-0.2, -0.15) is 0 Å². The summed E-state index contributed by atoms with van der Waals surface area (Å²) in [4.78, 5) is 11.3. The Balaban J connectivity index is 1.69. The first-order valence-electron chi connectivity index (χ1n) is 7.98. The van der Waals surface area contributed by atoms with Crippen molar-refractivity contribution in [2.24, 2.45) is 0 Å². The molecule has 1 N–H and O–H groups in total. The highest BCUT2D eigenvalue weighted by atomic mass is 32.1. The van der Waals surface area contributed by atoms with Crippen LogP contribution in [0.25, 0.3) is 10.2 Å². The minimum atomic E-state index is 0.160. The van der Waals surface area contributed by atoms with Gasteiger partial charge in [0.25, 0.3) is 0 Å². The second kappa shape index (κ2) is 6.26. The Morgan fingerprint density at radius 3 is 2.74 bits per heavy atom. The minimum absolute atomic E-state index is 0.160. The molecule has 4 nitrogen and oxygen atoms in total. The molecule has 0 amide bonds. The van der Waals surface area contributed by atoms with Crippen molar-refractivity contribution in [1.29, 1.82) is 0 Å². The van der Waals surface area contributed by atoms with Gasteiger partial charge >= 0.3 is 0 Å². The normalized spacial score (nSPS) is 14.0. The first kappa shape index (κ1) is 14.6. The van der Waals surface area contributed by atoms with Crippen LogP contribution in [0.4, 0.5) is 0 Å². The zero-order valence-corrected chi connectivity index (χ0v) is 13.6. The number of benzene rings is 1. The fraction of sp³-hybridized carbons (Fsp3) is 0.333. The topological polar surface area (TPSA) is 55.2 Å². The lowest BCUT2D eigenvalue weighted by molar-refractivity contribution is 0.299. The summed E-state index contributed by atoms with van der Waals surface area (Å²) < 4.78 is 6.04. The van der Waals surface area contributed by atoms with Gasteiger partial charge in [0.2, 0.25) is 5.88 Å². The summed E-state index contributed by atoms with van der Waals surface area (Å²) in [5, 5.41) is 10.1. The van der Waals surface area contributed by atoms with Crippen molar-refractivity contribution in [3.8, 4) is 11.6 Å².